The van der Waals surface area contributed by atoms with Crippen LogP contribution in [-0.4, -0.2) is 39.7 Å². The predicted octanol–water partition coefficient (Wildman–Crippen LogP) is 5.52. The first kappa shape index (κ1) is 21.5. The van der Waals surface area contributed by atoms with E-state index < -0.39 is 11.4 Å². The summed E-state index contributed by atoms with van der Waals surface area (Å²) in [6.07, 6.45) is 4.72. The van der Waals surface area contributed by atoms with Crippen molar-refractivity contribution in [3.05, 3.63) is 47.1 Å². The first-order chi connectivity index (χ1) is 13.7. The topological polar surface area (TPSA) is 55.3 Å². The van der Waals surface area contributed by atoms with Crippen molar-refractivity contribution in [3.63, 3.8) is 0 Å². The average molecular weight is 420 g/mol. The third-order valence-electron chi connectivity index (χ3n) is 5.02. The molecule has 156 valence electrons. The highest BCUT2D eigenvalue weighted by molar-refractivity contribution is 6.28. The van der Waals surface area contributed by atoms with Crippen molar-refractivity contribution < 1.29 is 13.9 Å². The van der Waals surface area contributed by atoms with Gasteiger partial charge in [0.25, 0.3) is 0 Å². The van der Waals surface area contributed by atoms with E-state index in [1.54, 1.807) is 4.90 Å². The van der Waals surface area contributed by atoms with Gasteiger partial charge in [-0.1, -0.05) is 18.2 Å². The lowest BCUT2D eigenvalue weighted by atomic mass is 9.90. The number of nitrogens with zero attached hydrogens (tertiary/aromatic N) is 3. The lowest BCUT2D eigenvalue weighted by molar-refractivity contribution is 0.0181. The van der Waals surface area contributed by atoms with Crippen LogP contribution >= 0.6 is 11.6 Å². The Hall–Kier alpha value is -2.21. The minimum atomic E-state index is -0.485. The van der Waals surface area contributed by atoms with Crippen LogP contribution in [-0.2, 0) is 11.2 Å². The maximum Gasteiger partial charge on any atom is 0.410 e. The maximum absolute atomic E-state index is 14.0. The molecule has 1 amide bonds. The van der Waals surface area contributed by atoms with Crippen molar-refractivity contribution in [2.45, 2.75) is 52.1 Å². The zero-order chi connectivity index (χ0) is 21.0. The highest BCUT2D eigenvalue weighted by Crippen LogP contribution is 2.26. The summed E-state index contributed by atoms with van der Waals surface area (Å²) in [4.78, 5) is 21.7. The number of amides is 1. The molecule has 1 fully saturated rings. The molecule has 0 N–H and O–H groups in total. The molecule has 1 aromatic heterocycles. The fraction of sp³-hybridized carbons (Fsp3) is 0.500. The Kier molecular flexibility index (Phi) is 6.73. The molecule has 0 radical (unpaired) electrons. The van der Waals surface area contributed by atoms with Crippen molar-refractivity contribution in [3.8, 4) is 11.3 Å². The van der Waals surface area contributed by atoms with Gasteiger partial charge in [0, 0.05) is 18.7 Å². The van der Waals surface area contributed by atoms with Gasteiger partial charge in [-0.25, -0.2) is 19.2 Å². The van der Waals surface area contributed by atoms with Gasteiger partial charge in [0.2, 0.25) is 5.28 Å². The van der Waals surface area contributed by atoms with E-state index in [-0.39, 0.29) is 17.1 Å². The lowest BCUT2D eigenvalue weighted by Gasteiger charge is -2.33. The van der Waals surface area contributed by atoms with E-state index in [9.17, 15) is 9.18 Å². The summed E-state index contributed by atoms with van der Waals surface area (Å²) >= 11 is 5.81. The molecule has 0 bridgehead atoms. The fourth-order valence-corrected chi connectivity index (χ4v) is 3.66. The molecule has 7 heteroatoms. The number of benzene rings is 1. The van der Waals surface area contributed by atoms with Gasteiger partial charge >= 0.3 is 6.09 Å². The third-order valence-corrected chi connectivity index (χ3v) is 5.20. The van der Waals surface area contributed by atoms with E-state index in [1.807, 2.05) is 45.0 Å². The molecular formula is C22H27ClFN3O2. The van der Waals surface area contributed by atoms with E-state index in [1.165, 1.54) is 0 Å². The normalized spacial score (nSPS) is 15.4. The number of ether oxygens (including phenoxy) is 1. The molecule has 0 atom stereocenters. The van der Waals surface area contributed by atoms with Gasteiger partial charge < -0.3 is 9.64 Å². The molecule has 5 nitrogen and oxygen atoms in total. The van der Waals surface area contributed by atoms with Gasteiger partial charge in [-0.15, -0.1) is 0 Å². The second-order valence-electron chi connectivity index (χ2n) is 8.49. The van der Waals surface area contributed by atoms with Crippen molar-refractivity contribution in [1.29, 1.82) is 0 Å². The molecular weight excluding hydrogens is 393 g/mol. The number of hydrogen-bond donors (Lipinski definition) is 0. The number of aromatic nitrogens is 2. The van der Waals surface area contributed by atoms with E-state index in [0.29, 0.717) is 11.5 Å². The number of likely N-dealkylation sites (tertiary alicyclic amines) is 1. The molecule has 1 aliphatic rings. The van der Waals surface area contributed by atoms with Crippen LogP contribution in [0.3, 0.4) is 0 Å². The summed E-state index contributed by atoms with van der Waals surface area (Å²) in [5.74, 6) is 0.0728. The quantitative estimate of drug-likeness (QED) is 0.612. The first-order valence-electron chi connectivity index (χ1n) is 9.96. The Labute approximate surface area is 176 Å². The Balaban J connectivity index is 1.54. The highest BCUT2D eigenvalue weighted by Gasteiger charge is 2.26. The van der Waals surface area contributed by atoms with Crippen LogP contribution in [0, 0.1) is 11.7 Å². The van der Waals surface area contributed by atoms with Crippen molar-refractivity contribution in [1.82, 2.24) is 14.9 Å². The smallest absolute Gasteiger partial charge is 0.410 e. The SMILES string of the molecule is CC(C)(C)OC(=O)N1CCC(CCc2cccc(-c3nc(Cl)ncc3F)c2)CC1. The zero-order valence-electron chi connectivity index (χ0n) is 17.1. The van der Waals surface area contributed by atoms with E-state index in [2.05, 4.69) is 9.97 Å². The Morgan fingerprint density at radius 2 is 2.03 bits per heavy atom. The van der Waals surface area contributed by atoms with Crippen molar-refractivity contribution in [2.75, 3.05) is 13.1 Å². The van der Waals surface area contributed by atoms with Gasteiger partial charge in [-0.05, 0) is 75.6 Å². The second-order valence-corrected chi connectivity index (χ2v) is 8.82. The van der Waals surface area contributed by atoms with Crippen LogP contribution < -0.4 is 0 Å². The average Bonchev–Trinajstić information content (AvgIpc) is 2.67. The monoisotopic (exact) mass is 419 g/mol. The van der Waals surface area contributed by atoms with Crippen molar-refractivity contribution in [2.24, 2.45) is 5.92 Å². The summed E-state index contributed by atoms with van der Waals surface area (Å²) in [7, 11) is 0. The molecule has 29 heavy (non-hydrogen) atoms. The molecule has 1 aromatic carbocycles. The molecule has 3 rings (SSSR count). The van der Waals surface area contributed by atoms with Crippen LogP contribution in [0.5, 0.6) is 0 Å². The van der Waals surface area contributed by atoms with Crippen LogP contribution in [0.4, 0.5) is 9.18 Å². The second kappa shape index (κ2) is 9.08. The summed E-state index contributed by atoms with van der Waals surface area (Å²) in [6.45, 7) is 7.10. The van der Waals surface area contributed by atoms with Gasteiger partial charge in [0.15, 0.2) is 5.82 Å². The molecule has 1 saturated heterocycles. The van der Waals surface area contributed by atoms with Gasteiger partial charge in [0.1, 0.15) is 11.3 Å². The number of hydrogen-bond acceptors (Lipinski definition) is 4. The number of piperidine rings is 1. The highest BCUT2D eigenvalue weighted by atomic mass is 35.5. The number of carbonyl (C=O) groups excluding carboxylic acids is 1. The standard InChI is InChI=1S/C22H27ClFN3O2/c1-22(2,3)29-21(28)27-11-9-15(10-12-27)7-8-16-5-4-6-17(13-16)19-18(24)14-25-20(23)26-19/h4-6,13-15H,7-12H2,1-3H3. The van der Waals surface area contributed by atoms with Gasteiger partial charge in [-0.3, -0.25) is 0 Å². The molecule has 2 aromatic rings. The fourth-order valence-electron chi connectivity index (χ4n) is 3.52. The molecule has 1 aliphatic heterocycles. The lowest BCUT2D eigenvalue weighted by Crippen LogP contribution is -2.41. The molecule has 0 saturated carbocycles. The minimum Gasteiger partial charge on any atom is -0.444 e. The van der Waals surface area contributed by atoms with Crippen LogP contribution in [0.25, 0.3) is 11.3 Å². The largest absolute Gasteiger partial charge is 0.444 e. The van der Waals surface area contributed by atoms with Crippen LogP contribution in [0.1, 0.15) is 45.6 Å². The molecule has 0 spiro atoms. The molecule has 2 heterocycles. The Morgan fingerprint density at radius 1 is 1.31 bits per heavy atom. The van der Waals surface area contributed by atoms with Gasteiger partial charge in [0.05, 0.1) is 6.20 Å². The summed E-state index contributed by atoms with van der Waals surface area (Å²) in [5, 5.41) is 0.0311. The Morgan fingerprint density at radius 3 is 2.72 bits per heavy atom. The van der Waals surface area contributed by atoms with E-state index in [0.717, 1.165) is 50.5 Å². The summed E-state index contributed by atoms with van der Waals surface area (Å²) < 4.78 is 19.5. The number of carbonyl (C=O) groups is 1. The van der Waals surface area contributed by atoms with Crippen LogP contribution in [0.15, 0.2) is 30.5 Å². The molecule has 0 aliphatic carbocycles. The number of halogens is 2. The van der Waals surface area contributed by atoms with E-state index >= 15 is 0 Å². The number of aryl methyl sites for hydroxylation is 1. The zero-order valence-corrected chi connectivity index (χ0v) is 17.9. The van der Waals surface area contributed by atoms with Crippen molar-refractivity contribution >= 4 is 17.7 Å². The number of rotatable bonds is 4. The summed E-state index contributed by atoms with van der Waals surface area (Å²) in [6, 6.07) is 7.73. The van der Waals surface area contributed by atoms with Crippen LogP contribution in [0.2, 0.25) is 5.28 Å². The third kappa shape index (κ3) is 6.13. The minimum absolute atomic E-state index is 0.0311. The predicted molar refractivity (Wildman–Crippen MR) is 111 cm³/mol. The van der Waals surface area contributed by atoms with Gasteiger partial charge in [-0.2, -0.15) is 0 Å². The molecule has 0 unspecified atom stereocenters. The summed E-state index contributed by atoms with van der Waals surface area (Å²) in [5.41, 5.74) is 1.58. The maximum atomic E-state index is 14.0. The first-order valence-corrected chi connectivity index (χ1v) is 10.3. The Bertz CT molecular complexity index is 861. The van der Waals surface area contributed by atoms with E-state index in [4.69, 9.17) is 16.3 Å².